The Morgan fingerprint density at radius 3 is 2.57 bits per heavy atom. The van der Waals surface area contributed by atoms with Crippen molar-refractivity contribution >= 4 is 16.9 Å². The molecule has 0 spiro atoms. The van der Waals surface area contributed by atoms with Gasteiger partial charge in [-0.15, -0.1) is 0 Å². The van der Waals surface area contributed by atoms with Gasteiger partial charge >= 0.3 is 5.69 Å². The first-order valence-corrected chi connectivity index (χ1v) is 11.9. The summed E-state index contributed by atoms with van der Waals surface area (Å²) >= 11 is 0. The van der Waals surface area contributed by atoms with Gasteiger partial charge in [-0.1, -0.05) is 0 Å². The Morgan fingerprint density at radius 1 is 1.11 bits per heavy atom. The summed E-state index contributed by atoms with van der Waals surface area (Å²) in [5.74, 6) is -1.12. The number of aliphatic hydroxyl groups is 1. The molecule has 8 nitrogen and oxygen atoms in total. The van der Waals surface area contributed by atoms with Crippen LogP contribution in [0.15, 0.2) is 41.2 Å². The summed E-state index contributed by atoms with van der Waals surface area (Å²) in [5.41, 5.74) is 1.15. The number of β-amino-alcohol motifs (C(OH)–C–C–N with tert-alkyl or cyclic N) is 1. The molecule has 1 saturated heterocycles. The number of nitrogens with zero attached hydrogens (tertiary/aromatic N) is 2. The molecule has 1 atom stereocenters. The Kier molecular flexibility index (Phi) is 6.57. The standard InChI is InChI=1S/C25H28F2N4O4/c26-15-2-6-22-21(11-15)29-25(34)31(22)18-7-9-30(10-8-18)13-19(32)14-35-23-12-16(27)1-5-20(23)24(33)28-17-3-4-17/h1-2,5-6,11-12,17-19,32H,3-4,7-10,13-14H2,(H,28,33)(H,29,34)/t19-/m1/s1. The molecule has 1 aromatic heterocycles. The van der Waals surface area contributed by atoms with Gasteiger partial charge in [0.05, 0.1) is 16.6 Å². The zero-order chi connectivity index (χ0) is 24.5. The average Bonchev–Trinajstić information content (AvgIpc) is 3.58. The van der Waals surface area contributed by atoms with Gasteiger partial charge in [0, 0.05) is 37.8 Å². The van der Waals surface area contributed by atoms with Gasteiger partial charge in [0.2, 0.25) is 0 Å². The molecule has 10 heteroatoms. The first kappa shape index (κ1) is 23.5. The van der Waals surface area contributed by atoms with Crippen molar-refractivity contribution in [1.82, 2.24) is 19.8 Å². The monoisotopic (exact) mass is 486 g/mol. The fraction of sp³-hybridized carbons (Fsp3) is 0.440. The molecule has 3 N–H and O–H groups in total. The number of carbonyl (C=O) groups excluding carboxylic acids is 1. The van der Waals surface area contributed by atoms with Crippen LogP contribution in [0.25, 0.3) is 11.0 Å². The van der Waals surface area contributed by atoms with Crippen molar-refractivity contribution in [2.75, 3.05) is 26.2 Å². The first-order chi connectivity index (χ1) is 16.9. The molecule has 2 aliphatic rings. The van der Waals surface area contributed by atoms with Crippen molar-refractivity contribution in [3.05, 3.63) is 64.1 Å². The lowest BCUT2D eigenvalue weighted by Crippen LogP contribution is -2.42. The van der Waals surface area contributed by atoms with Gasteiger partial charge in [0.15, 0.2) is 0 Å². The highest BCUT2D eigenvalue weighted by Crippen LogP contribution is 2.26. The predicted octanol–water partition coefficient (Wildman–Crippen LogP) is 2.58. The molecule has 0 unspecified atom stereocenters. The van der Waals surface area contributed by atoms with E-state index in [2.05, 4.69) is 15.2 Å². The number of halogens is 2. The summed E-state index contributed by atoms with van der Waals surface area (Å²) < 4.78 is 34.6. The Hall–Kier alpha value is -3.24. The number of likely N-dealkylation sites (tertiary alicyclic amines) is 1. The number of aromatic amines is 1. The fourth-order valence-corrected chi connectivity index (χ4v) is 4.66. The van der Waals surface area contributed by atoms with E-state index >= 15 is 0 Å². The second kappa shape index (κ2) is 9.79. The lowest BCUT2D eigenvalue weighted by Gasteiger charge is -2.33. The van der Waals surface area contributed by atoms with Crippen LogP contribution in [0.1, 0.15) is 42.1 Å². The number of H-pyrrole nitrogens is 1. The number of hydrogen-bond donors (Lipinski definition) is 3. The summed E-state index contributed by atoms with van der Waals surface area (Å²) in [4.78, 5) is 29.7. The maximum absolute atomic E-state index is 13.8. The van der Waals surface area contributed by atoms with Crippen LogP contribution >= 0.6 is 0 Å². The van der Waals surface area contributed by atoms with Gasteiger partial charge in [0.1, 0.15) is 30.1 Å². The third-order valence-electron chi connectivity index (χ3n) is 6.60. The van der Waals surface area contributed by atoms with Gasteiger partial charge in [0.25, 0.3) is 5.91 Å². The van der Waals surface area contributed by atoms with Gasteiger partial charge < -0.3 is 25.0 Å². The molecule has 0 radical (unpaired) electrons. The maximum Gasteiger partial charge on any atom is 0.326 e. The second-order valence-corrected chi connectivity index (χ2v) is 9.35. The SMILES string of the molecule is O=C(NC1CC1)c1ccc(F)cc1OC[C@H](O)CN1CCC(n2c(=O)[nH]c3cc(F)ccc32)CC1. The van der Waals surface area contributed by atoms with Crippen LogP contribution in [0.3, 0.4) is 0 Å². The molecule has 1 aliphatic heterocycles. The topological polar surface area (TPSA) is 99.6 Å². The molecule has 186 valence electrons. The molecule has 0 bridgehead atoms. The second-order valence-electron chi connectivity index (χ2n) is 9.35. The summed E-state index contributed by atoms with van der Waals surface area (Å²) in [5, 5.41) is 13.4. The molecule has 5 rings (SSSR count). The fourth-order valence-electron chi connectivity index (χ4n) is 4.66. The number of hydrogen-bond acceptors (Lipinski definition) is 5. The van der Waals surface area contributed by atoms with E-state index in [1.165, 1.54) is 24.3 Å². The highest BCUT2D eigenvalue weighted by Gasteiger charge is 2.27. The van der Waals surface area contributed by atoms with Crippen molar-refractivity contribution < 1.29 is 23.4 Å². The van der Waals surface area contributed by atoms with E-state index < -0.39 is 17.7 Å². The summed E-state index contributed by atoms with van der Waals surface area (Å²) in [7, 11) is 0. The van der Waals surface area contributed by atoms with Gasteiger partial charge in [-0.3, -0.25) is 9.36 Å². The van der Waals surface area contributed by atoms with Crippen LogP contribution in [0.5, 0.6) is 5.75 Å². The highest BCUT2D eigenvalue weighted by molar-refractivity contribution is 5.97. The number of piperidine rings is 1. The molecular weight excluding hydrogens is 458 g/mol. The average molecular weight is 487 g/mol. The molecule has 2 heterocycles. The molecule has 35 heavy (non-hydrogen) atoms. The number of fused-ring (bicyclic) bond motifs is 1. The Bertz CT molecular complexity index is 1280. The third-order valence-corrected chi connectivity index (χ3v) is 6.60. The summed E-state index contributed by atoms with van der Waals surface area (Å²) in [6.07, 6.45) is 2.44. The number of ether oxygens (including phenoxy) is 1. The van der Waals surface area contributed by atoms with E-state index in [9.17, 15) is 23.5 Å². The van der Waals surface area contributed by atoms with Crippen LogP contribution in [0.2, 0.25) is 0 Å². The van der Waals surface area contributed by atoms with Crippen molar-refractivity contribution in [1.29, 1.82) is 0 Å². The molecule has 1 amide bonds. The molecule has 1 saturated carbocycles. The highest BCUT2D eigenvalue weighted by atomic mass is 19.1. The van der Waals surface area contributed by atoms with Gasteiger partial charge in [-0.05, 0) is 56.0 Å². The van der Waals surface area contributed by atoms with Crippen LogP contribution in [0.4, 0.5) is 8.78 Å². The Balaban J connectivity index is 1.15. The van der Waals surface area contributed by atoms with E-state index in [0.717, 1.165) is 18.9 Å². The zero-order valence-corrected chi connectivity index (χ0v) is 19.2. The molecule has 1 aliphatic carbocycles. The Morgan fingerprint density at radius 2 is 1.83 bits per heavy atom. The minimum absolute atomic E-state index is 0.0220. The van der Waals surface area contributed by atoms with Crippen molar-refractivity contribution in [3.8, 4) is 5.75 Å². The smallest absolute Gasteiger partial charge is 0.326 e. The van der Waals surface area contributed by atoms with Crippen molar-refractivity contribution in [3.63, 3.8) is 0 Å². The van der Waals surface area contributed by atoms with Crippen LogP contribution in [-0.4, -0.2) is 63.9 Å². The number of carbonyl (C=O) groups is 1. The number of benzene rings is 2. The van der Waals surface area contributed by atoms with E-state index in [-0.39, 0.29) is 41.6 Å². The Labute approximate surface area is 200 Å². The zero-order valence-electron chi connectivity index (χ0n) is 19.2. The van der Waals surface area contributed by atoms with Gasteiger partial charge in [-0.2, -0.15) is 0 Å². The van der Waals surface area contributed by atoms with Crippen LogP contribution in [-0.2, 0) is 0 Å². The molecular formula is C25H28F2N4O4. The van der Waals surface area contributed by atoms with Crippen LogP contribution < -0.4 is 15.7 Å². The number of rotatable bonds is 8. The largest absolute Gasteiger partial charge is 0.490 e. The summed E-state index contributed by atoms with van der Waals surface area (Å²) in [6.45, 7) is 1.59. The molecule has 2 fully saturated rings. The van der Waals surface area contributed by atoms with Crippen LogP contribution in [0, 0.1) is 11.6 Å². The van der Waals surface area contributed by atoms with Crippen molar-refractivity contribution in [2.24, 2.45) is 0 Å². The van der Waals surface area contributed by atoms with E-state index in [1.54, 1.807) is 10.6 Å². The quantitative estimate of drug-likeness (QED) is 0.455. The summed E-state index contributed by atoms with van der Waals surface area (Å²) in [6, 6.07) is 8.18. The number of aromatic nitrogens is 2. The van der Waals surface area contributed by atoms with Gasteiger partial charge in [-0.25, -0.2) is 13.6 Å². The van der Waals surface area contributed by atoms with E-state index in [4.69, 9.17) is 4.74 Å². The minimum Gasteiger partial charge on any atom is -0.490 e. The van der Waals surface area contributed by atoms with E-state index in [0.29, 0.717) is 43.5 Å². The number of imidazole rings is 1. The number of aliphatic hydroxyl groups excluding tert-OH is 1. The van der Waals surface area contributed by atoms with Crippen molar-refractivity contribution in [2.45, 2.75) is 43.9 Å². The lowest BCUT2D eigenvalue weighted by molar-refractivity contribution is 0.0553. The number of nitrogens with one attached hydrogen (secondary N) is 2. The van der Waals surface area contributed by atoms with E-state index in [1.807, 2.05) is 0 Å². The third kappa shape index (κ3) is 5.38. The minimum atomic E-state index is -0.840. The first-order valence-electron chi connectivity index (χ1n) is 11.9. The lowest BCUT2D eigenvalue weighted by atomic mass is 10.0. The molecule has 2 aromatic carbocycles. The number of amides is 1. The maximum atomic E-state index is 13.8. The predicted molar refractivity (Wildman–Crippen MR) is 126 cm³/mol. The molecule has 3 aromatic rings. The normalized spacial score (nSPS) is 18.0.